The molecule has 1 amide bonds. The van der Waals surface area contributed by atoms with E-state index in [2.05, 4.69) is 0 Å². The number of hydrogen-bond acceptors (Lipinski definition) is 4. The quantitative estimate of drug-likeness (QED) is 0.922. The van der Waals surface area contributed by atoms with Crippen molar-refractivity contribution >= 4 is 12.1 Å². The van der Waals surface area contributed by atoms with E-state index in [-0.39, 0.29) is 30.8 Å². The number of amides is 1. The van der Waals surface area contributed by atoms with Crippen molar-refractivity contribution in [1.29, 1.82) is 0 Å². The van der Waals surface area contributed by atoms with Crippen LogP contribution in [0.25, 0.3) is 0 Å². The van der Waals surface area contributed by atoms with E-state index in [4.69, 9.17) is 14.6 Å². The van der Waals surface area contributed by atoms with E-state index < -0.39 is 5.97 Å². The Morgan fingerprint density at radius 1 is 1.30 bits per heavy atom. The molecule has 2 saturated heterocycles. The molecule has 2 heterocycles. The van der Waals surface area contributed by atoms with Crippen molar-refractivity contribution in [2.24, 2.45) is 0 Å². The van der Waals surface area contributed by atoms with Gasteiger partial charge in [0.25, 0.3) is 0 Å². The highest BCUT2D eigenvalue weighted by molar-refractivity contribution is 5.69. The molecule has 2 aliphatic heterocycles. The molecule has 1 N–H and O–H groups in total. The first-order valence-corrected chi connectivity index (χ1v) is 7.92. The zero-order chi connectivity index (χ0) is 16.3. The molecule has 1 aromatic rings. The molecule has 6 heteroatoms. The second-order valence-electron chi connectivity index (χ2n) is 6.31. The molecule has 3 rings (SSSR count). The number of carbonyl (C=O) groups excluding carboxylic acids is 1. The van der Waals surface area contributed by atoms with E-state index in [9.17, 15) is 9.59 Å². The van der Waals surface area contributed by atoms with Crippen LogP contribution in [0.5, 0.6) is 0 Å². The molecule has 1 unspecified atom stereocenters. The Labute approximate surface area is 135 Å². The molecular formula is C17H21NO5. The van der Waals surface area contributed by atoms with Gasteiger partial charge in [0, 0.05) is 0 Å². The summed E-state index contributed by atoms with van der Waals surface area (Å²) >= 11 is 0. The zero-order valence-corrected chi connectivity index (χ0v) is 12.9. The minimum atomic E-state index is -0.842. The summed E-state index contributed by atoms with van der Waals surface area (Å²) in [6.07, 6.45) is 2.01. The van der Waals surface area contributed by atoms with Crippen molar-refractivity contribution in [3.63, 3.8) is 0 Å². The fourth-order valence-corrected chi connectivity index (χ4v) is 3.28. The first kappa shape index (κ1) is 15.8. The molecule has 2 aliphatic rings. The van der Waals surface area contributed by atoms with Crippen molar-refractivity contribution < 1.29 is 24.2 Å². The van der Waals surface area contributed by atoms with E-state index in [1.54, 1.807) is 4.90 Å². The minimum Gasteiger partial charge on any atom is -0.481 e. The van der Waals surface area contributed by atoms with Gasteiger partial charge in [-0.15, -0.1) is 0 Å². The maximum Gasteiger partial charge on any atom is 0.410 e. The zero-order valence-electron chi connectivity index (χ0n) is 12.9. The van der Waals surface area contributed by atoms with Crippen LogP contribution >= 0.6 is 0 Å². The van der Waals surface area contributed by atoms with Crippen LogP contribution in [-0.4, -0.2) is 46.9 Å². The molecule has 0 saturated carbocycles. The highest BCUT2D eigenvalue weighted by Gasteiger charge is 2.49. The van der Waals surface area contributed by atoms with Crippen molar-refractivity contribution in [3.05, 3.63) is 35.9 Å². The second kappa shape index (κ2) is 6.58. The van der Waals surface area contributed by atoms with Crippen molar-refractivity contribution in [2.75, 3.05) is 13.1 Å². The van der Waals surface area contributed by atoms with Gasteiger partial charge in [-0.1, -0.05) is 30.3 Å². The summed E-state index contributed by atoms with van der Waals surface area (Å²) in [6.45, 7) is 1.22. The topological polar surface area (TPSA) is 76.1 Å². The molecule has 0 bridgehead atoms. The summed E-state index contributed by atoms with van der Waals surface area (Å²) in [4.78, 5) is 24.5. The standard InChI is InChI=1S/C17H21NO5/c19-15(20)9-14-7-4-8-17(23-14)11-18(12-17)16(21)22-10-13-5-2-1-3-6-13/h1-3,5-6,14H,4,7-12H2,(H,19,20). The van der Waals surface area contributed by atoms with Gasteiger partial charge in [0.05, 0.1) is 25.6 Å². The highest BCUT2D eigenvalue weighted by atomic mass is 16.6. The van der Waals surface area contributed by atoms with E-state index in [0.717, 1.165) is 24.8 Å². The van der Waals surface area contributed by atoms with Gasteiger partial charge in [0.2, 0.25) is 0 Å². The molecule has 0 aliphatic carbocycles. The summed E-state index contributed by atoms with van der Waals surface area (Å²) in [5, 5.41) is 8.88. The fraction of sp³-hybridized carbons (Fsp3) is 0.529. The van der Waals surface area contributed by atoms with E-state index in [1.165, 1.54) is 0 Å². The molecule has 1 spiro atoms. The van der Waals surface area contributed by atoms with Gasteiger partial charge in [0.1, 0.15) is 12.2 Å². The van der Waals surface area contributed by atoms with Crippen LogP contribution in [-0.2, 0) is 20.9 Å². The number of ether oxygens (including phenoxy) is 2. The predicted octanol–water partition coefficient (Wildman–Crippen LogP) is 2.42. The van der Waals surface area contributed by atoms with Gasteiger partial charge >= 0.3 is 12.1 Å². The molecule has 6 nitrogen and oxygen atoms in total. The fourth-order valence-electron chi connectivity index (χ4n) is 3.28. The maximum absolute atomic E-state index is 12.0. The Morgan fingerprint density at radius 3 is 2.74 bits per heavy atom. The third-order valence-electron chi connectivity index (χ3n) is 4.40. The van der Waals surface area contributed by atoms with Crippen LogP contribution in [0.2, 0.25) is 0 Å². The van der Waals surface area contributed by atoms with Gasteiger partial charge in [-0.05, 0) is 24.8 Å². The normalized spacial score (nSPS) is 22.4. The van der Waals surface area contributed by atoms with Crippen LogP contribution in [0, 0.1) is 0 Å². The number of carboxylic acids is 1. The average molecular weight is 319 g/mol. The number of rotatable bonds is 4. The van der Waals surface area contributed by atoms with Gasteiger partial charge in [0.15, 0.2) is 0 Å². The molecule has 124 valence electrons. The first-order valence-electron chi connectivity index (χ1n) is 7.92. The Balaban J connectivity index is 1.46. The lowest BCUT2D eigenvalue weighted by Gasteiger charge is -2.52. The van der Waals surface area contributed by atoms with Crippen LogP contribution in [0.4, 0.5) is 4.79 Å². The van der Waals surface area contributed by atoms with Crippen LogP contribution in [0.1, 0.15) is 31.2 Å². The number of hydrogen-bond donors (Lipinski definition) is 1. The largest absolute Gasteiger partial charge is 0.481 e. The van der Waals surface area contributed by atoms with Crippen LogP contribution in [0.3, 0.4) is 0 Å². The number of nitrogens with zero attached hydrogens (tertiary/aromatic N) is 1. The number of carboxylic acid groups (broad SMARTS) is 1. The Hall–Kier alpha value is -2.08. The number of carbonyl (C=O) groups is 2. The molecule has 1 aromatic carbocycles. The van der Waals surface area contributed by atoms with Gasteiger partial charge in [-0.25, -0.2) is 4.79 Å². The van der Waals surface area contributed by atoms with Crippen molar-refractivity contribution in [2.45, 2.75) is 44.0 Å². The molecular weight excluding hydrogens is 298 g/mol. The Kier molecular flexibility index (Phi) is 4.52. The summed E-state index contributed by atoms with van der Waals surface area (Å²) in [5.41, 5.74) is 0.580. The summed E-state index contributed by atoms with van der Waals surface area (Å²) < 4.78 is 11.2. The summed E-state index contributed by atoms with van der Waals surface area (Å²) in [5.74, 6) is -0.842. The van der Waals surface area contributed by atoms with Crippen LogP contribution in [0.15, 0.2) is 30.3 Å². The Morgan fingerprint density at radius 2 is 2.04 bits per heavy atom. The van der Waals surface area contributed by atoms with E-state index in [0.29, 0.717) is 13.1 Å². The third-order valence-corrected chi connectivity index (χ3v) is 4.40. The van der Waals surface area contributed by atoms with Gasteiger partial charge in [-0.3, -0.25) is 4.79 Å². The van der Waals surface area contributed by atoms with Crippen molar-refractivity contribution in [3.8, 4) is 0 Å². The summed E-state index contributed by atoms with van der Waals surface area (Å²) in [6, 6.07) is 9.54. The number of aliphatic carboxylic acids is 1. The van der Waals surface area contributed by atoms with Gasteiger partial charge in [-0.2, -0.15) is 0 Å². The van der Waals surface area contributed by atoms with Crippen molar-refractivity contribution in [1.82, 2.24) is 4.90 Å². The molecule has 0 aromatic heterocycles. The average Bonchev–Trinajstić information content (AvgIpc) is 2.51. The molecule has 0 radical (unpaired) electrons. The lowest BCUT2D eigenvalue weighted by molar-refractivity contribution is -0.195. The monoisotopic (exact) mass is 319 g/mol. The highest BCUT2D eigenvalue weighted by Crippen LogP contribution is 2.37. The van der Waals surface area contributed by atoms with E-state index in [1.807, 2.05) is 30.3 Å². The maximum atomic E-state index is 12.0. The Bertz CT molecular complexity index is 568. The molecule has 1 atom stereocenters. The van der Waals surface area contributed by atoms with Crippen LogP contribution < -0.4 is 0 Å². The SMILES string of the molecule is O=C(O)CC1CCCC2(CN(C(=O)OCc3ccccc3)C2)O1. The molecule has 2 fully saturated rings. The second-order valence-corrected chi connectivity index (χ2v) is 6.31. The summed E-state index contributed by atoms with van der Waals surface area (Å²) in [7, 11) is 0. The predicted molar refractivity (Wildman–Crippen MR) is 81.9 cm³/mol. The smallest absolute Gasteiger partial charge is 0.410 e. The number of benzene rings is 1. The lowest BCUT2D eigenvalue weighted by Crippen LogP contribution is -2.66. The van der Waals surface area contributed by atoms with Gasteiger partial charge < -0.3 is 19.5 Å². The lowest BCUT2D eigenvalue weighted by atomic mass is 9.84. The number of likely N-dealkylation sites (tertiary alicyclic amines) is 1. The first-order chi connectivity index (χ1) is 11.1. The third kappa shape index (κ3) is 3.82. The van der Waals surface area contributed by atoms with E-state index >= 15 is 0 Å². The minimum absolute atomic E-state index is 0.0280. The molecule has 23 heavy (non-hydrogen) atoms.